The summed E-state index contributed by atoms with van der Waals surface area (Å²) in [7, 11) is 0. The summed E-state index contributed by atoms with van der Waals surface area (Å²) in [4.78, 5) is 15.7. The molecule has 0 heterocycles. The van der Waals surface area contributed by atoms with Crippen LogP contribution < -0.4 is 16.0 Å². The van der Waals surface area contributed by atoms with E-state index in [4.69, 9.17) is 0 Å². The molecular formula is C15H28N4O. The zero-order valence-corrected chi connectivity index (χ0v) is 12.8. The first kappa shape index (κ1) is 16.5. The summed E-state index contributed by atoms with van der Waals surface area (Å²) in [5.41, 5.74) is 1.54. The number of amides is 1. The van der Waals surface area contributed by atoms with Gasteiger partial charge in [0.25, 0.3) is 0 Å². The molecule has 0 saturated carbocycles. The highest BCUT2D eigenvalue weighted by atomic mass is 16.1. The predicted molar refractivity (Wildman–Crippen MR) is 83.8 cm³/mol. The molecule has 1 aliphatic rings. The maximum Gasteiger partial charge on any atom is 0.241 e. The van der Waals surface area contributed by atoms with Gasteiger partial charge in [0.2, 0.25) is 5.91 Å². The molecule has 0 fully saturated rings. The number of guanidine groups is 1. The minimum atomic E-state index is -0.0420. The van der Waals surface area contributed by atoms with Gasteiger partial charge in [0.1, 0.15) is 6.54 Å². The van der Waals surface area contributed by atoms with Gasteiger partial charge in [0.05, 0.1) is 0 Å². The first-order valence-corrected chi connectivity index (χ1v) is 7.73. The molecule has 5 nitrogen and oxygen atoms in total. The Morgan fingerprint density at radius 2 is 2.00 bits per heavy atom. The van der Waals surface area contributed by atoms with E-state index < -0.39 is 0 Å². The third-order valence-electron chi connectivity index (χ3n) is 3.22. The Balaban J connectivity index is 2.32. The zero-order valence-electron chi connectivity index (χ0n) is 12.8. The first-order valence-electron chi connectivity index (χ1n) is 7.73. The van der Waals surface area contributed by atoms with Crippen LogP contribution in [0.3, 0.4) is 0 Å². The summed E-state index contributed by atoms with van der Waals surface area (Å²) in [6.45, 7) is 6.41. The normalized spacial score (nSPS) is 15.5. The van der Waals surface area contributed by atoms with Crippen LogP contribution in [0.5, 0.6) is 0 Å². The Kier molecular flexibility index (Phi) is 8.51. The summed E-state index contributed by atoms with van der Waals surface area (Å²) in [5, 5.41) is 9.18. The van der Waals surface area contributed by atoms with Gasteiger partial charge in [0.15, 0.2) is 5.96 Å². The average Bonchev–Trinajstić information content (AvgIpc) is 2.46. The van der Waals surface area contributed by atoms with Crippen LogP contribution in [0.25, 0.3) is 0 Å². The Hall–Kier alpha value is -1.52. The van der Waals surface area contributed by atoms with Crippen molar-refractivity contribution in [1.82, 2.24) is 16.0 Å². The Bertz CT molecular complexity index is 350. The maximum atomic E-state index is 11.4. The van der Waals surface area contributed by atoms with Crippen molar-refractivity contribution in [3.63, 3.8) is 0 Å². The third kappa shape index (κ3) is 7.16. The summed E-state index contributed by atoms with van der Waals surface area (Å²) >= 11 is 0. The van der Waals surface area contributed by atoms with E-state index in [0.717, 1.165) is 25.5 Å². The van der Waals surface area contributed by atoms with Gasteiger partial charge >= 0.3 is 0 Å². The summed E-state index contributed by atoms with van der Waals surface area (Å²) in [5.74, 6) is 0.676. The number of hydrogen-bond donors (Lipinski definition) is 3. The lowest BCUT2D eigenvalue weighted by Crippen LogP contribution is -2.39. The van der Waals surface area contributed by atoms with Crippen LogP contribution in [0.2, 0.25) is 0 Å². The van der Waals surface area contributed by atoms with Gasteiger partial charge < -0.3 is 16.0 Å². The van der Waals surface area contributed by atoms with Gasteiger partial charge in [-0.1, -0.05) is 11.6 Å². The lowest BCUT2D eigenvalue weighted by Gasteiger charge is -2.15. The number of aliphatic imine (C=N–C) groups is 1. The van der Waals surface area contributed by atoms with Gasteiger partial charge in [-0.25, -0.2) is 4.99 Å². The molecule has 0 aliphatic heterocycles. The second-order valence-corrected chi connectivity index (χ2v) is 4.93. The highest BCUT2D eigenvalue weighted by Crippen LogP contribution is 2.19. The van der Waals surface area contributed by atoms with Crippen molar-refractivity contribution >= 4 is 11.9 Å². The molecule has 0 radical (unpaired) electrons. The number of rotatable bonds is 7. The van der Waals surface area contributed by atoms with Gasteiger partial charge in [-0.3, -0.25) is 4.79 Å². The first-order chi connectivity index (χ1) is 9.76. The lowest BCUT2D eigenvalue weighted by atomic mass is 9.97. The molecule has 20 heavy (non-hydrogen) atoms. The van der Waals surface area contributed by atoms with Crippen molar-refractivity contribution in [2.45, 2.75) is 46.0 Å². The van der Waals surface area contributed by atoms with E-state index in [-0.39, 0.29) is 12.5 Å². The number of hydrogen-bond acceptors (Lipinski definition) is 2. The van der Waals surface area contributed by atoms with Crippen LogP contribution in [-0.2, 0) is 4.79 Å². The SMILES string of the molecule is CCNC(=O)CN=C(NCC)NCCC1=CCCCC1. The molecule has 0 bridgehead atoms. The van der Waals surface area contributed by atoms with E-state index in [1.807, 2.05) is 13.8 Å². The van der Waals surface area contributed by atoms with Crippen molar-refractivity contribution in [3.8, 4) is 0 Å². The fraction of sp³-hybridized carbons (Fsp3) is 0.733. The molecule has 0 unspecified atom stereocenters. The number of nitrogens with one attached hydrogen (secondary N) is 3. The molecule has 1 amide bonds. The largest absolute Gasteiger partial charge is 0.357 e. The summed E-state index contributed by atoms with van der Waals surface area (Å²) < 4.78 is 0. The van der Waals surface area contributed by atoms with Crippen LogP contribution in [0.4, 0.5) is 0 Å². The molecule has 114 valence electrons. The average molecular weight is 280 g/mol. The van der Waals surface area contributed by atoms with E-state index >= 15 is 0 Å². The predicted octanol–water partition coefficient (Wildman–Crippen LogP) is 1.57. The quantitative estimate of drug-likeness (QED) is 0.377. The van der Waals surface area contributed by atoms with E-state index in [1.165, 1.54) is 25.7 Å². The molecule has 3 N–H and O–H groups in total. The minimum Gasteiger partial charge on any atom is -0.357 e. The molecule has 1 rings (SSSR count). The van der Waals surface area contributed by atoms with E-state index in [0.29, 0.717) is 6.54 Å². The number of allylic oxidation sites excluding steroid dienone is 1. The van der Waals surface area contributed by atoms with Crippen molar-refractivity contribution in [3.05, 3.63) is 11.6 Å². The zero-order chi connectivity index (χ0) is 14.6. The summed E-state index contributed by atoms with van der Waals surface area (Å²) in [6, 6.07) is 0. The van der Waals surface area contributed by atoms with Gasteiger partial charge in [-0.05, 0) is 46.0 Å². The van der Waals surface area contributed by atoms with Crippen molar-refractivity contribution < 1.29 is 4.79 Å². The van der Waals surface area contributed by atoms with E-state index in [1.54, 1.807) is 5.57 Å². The topological polar surface area (TPSA) is 65.5 Å². The Morgan fingerprint density at radius 1 is 1.20 bits per heavy atom. The van der Waals surface area contributed by atoms with Crippen LogP contribution >= 0.6 is 0 Å². The standard InChI is InChI=1S/C15H28N4O/c1-3-16-14(20)12-19-15(17-4-2)18-11-10-13-8-6-5-7-9-13/h8H,3-7,9-12H2,1-2H3,(H,16,20)(H2,17,18,19). The number of carbonyl (C=O) groups is 1. The van der Waals surface area contributed by atoms with Crippen molar-refractivity contribution in [2.75, 3.05) is 26.2 Å². The molecule has 0 aromatic carbocycles. The molecule has 0 aromatic heterocycles. The third-order valence-corrected chi connectivity index (χ3v) is 3.22. The second-order valence-electron chi connectivity index (χ2n) is 4.93. The monoisotopic (exact) mass is 280 g/mol. The molecular weight excluding hydrogens is 252 g/mol. The van der Waals surface area contributed by atoms with Crippen molar-refractivity contribution in [2.24, 2.45) is 4.99 Å². The second kappa shape index (κ2) is 10.3. The smallest absolute Gasteiger partial charge is 0.241 e. The van der Waals surface area contributed by atoms with Crippen LogP contribution in [0.15, 0.2) is 16.6 Å². The Labute approximate surface area is 122 Å². The number of nitrogens with zero attached hydrogens (tertiary/aromatic N) is 1. The molecule has 0 aromatic rings. The highest BCUT2D eigenvalue weighted by Gasteiger charge is 2.04. The fourth-order valence-electron chi connectivity index (χ4n) is 2.22. The van der Waals surface area contributed by atoms with E-state index in [9.17, 15) is 4.79 Å². The maximum absolute atomic E-state index is 11.4. The minimum absolute atomic E-state index is 0.0420. The molecule has 5 heteroatoms. The molecule has 1 aliphatic carbocycles. The van der Waals surface area contributed by atoms with Gasteiger partial charge in [-0.2, -0.15) is 0 Å². The molecule has 0 atom stereocenters. The van der Waals surface area contributed by atoms with Gasteiger partial charge in [-0.15, -0.1) is 0 Å². The van der Waals surface area contributed by atoms with Crippen LogP contribution in [0, 0.1) is 0 Å². The highest BCUT2D eigenvalue weighted by molar-refractivity contribution is 5.84. The fourth-order valence-corrected chi connectivity index (χ4v) is 2.22. The van der Waals surface area contributed by atoms with Crippen LogP contribution in [0.1, 0.15) is 46.0 Å². The molecule has 0 spiro atoms. The molecule has 0 saturated heterocycles. The van der Waals surface area contributed by atoms with Crippen molar-refractivity contribution in [1.29, 1.82) is 0 Å². The summed E-state index contributed by atoms with van der Waals surface area (Å²) in [6.07, 6.45) is 8.52. The van der Waals surface area contributed by atoms with E-state index in [2.05, 4.69) is 27.0 Å². The number of likely N-dealkylation sites (N-methyl/N-ethyl adjacent to an activating group) is 1. The lowest BCUT2D eigenvalue weighted by molar-refractivity contribution is -0.119. The Morgan fingerprint density at radius 3 is 2.65 bits per heavy atom. The van der Waals surface area contributed by atoms with Crippen LogP contribution in [-0.4, -0.2) is 38.0 Å². The number of carbonyl (C=O) groups excluding carboxylic acids is 1. The van der Waals surface area contributed by atoms with Gasteiger partial charge in [0, 0.05) is 19.6 Å².